The van der Waals surface area contributed by atoms with Crippen LogP contribution < -0.4 is 5.32 Å². The van der Waals surface area contributed by atoms with Crippen molar-refractivity contribution >= 4 is 0 Å². The van der Waals surface area contributed by atoms with Crippen LogP contribution in [-0.2, 0) is 9.47 Å². The van der Waals surface area contributed by atoms with Gasteiger partial charge in [-0.3, -0.25) is 0 Å². The SMILES string of the molecule is CCC1(CC2CC2COC2CCC(C)(NC)CC2)CCC(OCC(F)F)CC1. The Labute approximate surface area is 170 Å². The van der Waals surface area contributed by atoms with Gasteiger partial charge in [-0.25, -0.2) is 8.78 Å². The molecule has 5 heteroatoms. The first-order chi connectivity index (χ1) is 13.4. The molecule has 0 spiro atoms. The predicted molar refractivity (Wildman–Crippen MR) is 109 cm³/mol. The second kappa shape index (κ2) is 9.70. The fourth-order valence-electron chi connectivity index (χ4n) is 5.51. The first-order valence-corrected chi connectivity index (χ1v) is 11.6. The van der Waals surface area contributed by atoms with Gasteiger partial charge in [0.1, 0.15) is 6.61 Å². The summed E-state index contributed by atoms with van der Waals surface area (Å²) in [7, 11) is 2.07. The minimum absolute atomic E-state index is 0.0432. The van der Waals surface area contributed by atoms with Crippen molar-refractivity contribution in [2.75, 3.05) is 20.3 Å². The summed E-state index contributed by atoms with van der Waals surface area (Å²) < 4.78 is 36.4. The molecule has 3 aliphatic carbocycles. The minimum atomic E-state index is -2.35. The van der Waals surface area contributed by atoms with Crippen molar-refractivity contribution < 1.29 is 18.3 Å². The number of hydrogen-bond donors (Lipinski definition) is 1. The Morgan fingerprint density at radius 2 is 1.57 bits per heavy atom. The Morgan fingerprint density at radius 1 is 0.964 bits per heavy atom. The van der Waals surface area contributed by atoms with Gasteiger partial charge in [-0.2, -0.15) is 0 Å². The molecule has 0 radical (unpaired) electrons. The maximum Gasteiger partial charge on any atom is 0.261 e. The lowest BCUT2D eigenvalue weighted by Crippen LogP contribution is -2.44. The van der Waals surface area contributed by atoms with Crippen LogP contribution in [0.1, 0.15) is 84.5 Å². The van der Waals surface area contributed by atoms with Gasteiger partial charge in [-0.05, 0) is 95.4 Å². The van der Waals surface area contributed by atoms with Crippen molar-refractivity contribution in [3.63, 3.8) is 0 Å². The lowest BCUT2D eigenvalue weighted by molar-refractivity contribution is -0.0547. The molecule has 0 aromatic rings. The van der Waals surface area contributed by atoms with E-state index >= 15 is 0 Å². The number of halogens is 2. The topological polar surface area (TPSA) is 30.5 Å². The molecule has 3 rings (SSSR count). The van der Waals surface area contributed by atoms with Crippen molar-refractivity contribution in [1.82, 2.24) is 5.32 Å². The average molecular weight is 402 g/mol. The predicted octanol–water partition coefficient (Wildman–Crippen LogP) is 5.57. The van der Waals surface area contributed by atoms with E-state index in [0.717, 1.165) is 44.1 Å². The zero-order valence-electron chi connectivity index (χ0n) is 18.2. The van der Waals surface area contributed by atoms with Gasteiger partial charge in [-0.1, -0.05) is 13.3 Å². The largest absolute Gasteiger partial charge is 0.378 e. The van der Waals surface area contributed by atoms with E-state index in [1.807, 2.05) is 0 Å². The van der Waals surface area contributed by atoms with Crippen LogP contribution in [0.4, 0.5) is 8.78 Å². The van der Waals surface area contributed by atoms with Gasteiger partial charge < -0.3 is 14.8 Å². The summed E-state index contributed by atoms with van der Waals surface area (Å²) in [6, 6.07) is 0. The second-order valence-electron chi connectivity index (χ2n) is 10.1. The summed E-state index contributed by atoms with van der Waals surface area (Å²) in [5.41, 5.74) is 0.705. The Bertz CT molecular complexity index is 471. The first kappa shape index (κ1) is 22.4. The van der Waals surface area contributed by atoms with Crippen LogP contribution in [0.15, 0.2) is 0 Å². The van der Waals surface area contributed by atoms with Crippen molar-refractivity contribution in [2.24, 2.45) is 17.3 Å². The molecular weight excluding hydrogens is 360 g/mol. The molecule has 0 heterocycles. The lowest BCUT2D eigenvalue weighted by Gasteiger charge is -2.40. The summed E-state index contributed by atoms with van der Waals surface area (Å²) in [5.74, 6) is 1.55. The quantitative estimate of drug-likeness (QED) is 0.519. The molecule has 0 amide bonds. The van der Waals surface area contributed by atoms with E-state index in [1.165, 1.54) is 44.9 Å². The third-order valence-corrected chi connectivity index (χ3v) is 8.15. The lowest BCUT2D eigenvalue weighted by atomic mass is 9.68. The molecule has 1 N–H and O–H groups in total. The molecule has 164 valence electrons. The van der Waals surface area contributed by atoms with E-state index < -0.39 is 13.0 Å². The van der Waals surface area contributed by atoms with E-state index in [-0.39, 0.29) is 6.10 Å². The Hall–Kier alpha value is -0.260. The number of alkyl halides is 2. The van der Waals surface area contributed by atoms with Gasteiger partial charge in [0.05, 0.1) is 18.8 Å². The molecule has 0 aromatic carbocycles. The summed E-state index contributed by atoms with van der Waals surface area (Å²) in [6.45, 7) is 5.15. The van der Waals surface area contributed by atoms with E-state index in [0.29, 0.717) is 17.1 Å². The summed E-state index contributed by atoms with van der Waals surface area (Å²) in [5, 5.41) is 3.46. The fourth-order valence-corrected chi connectivity index (χ4v) is 5.51. The monoisotopic (exact) mass is 401 g/mol. The van der Waals surface area contributed by atoms with Crippen LogP contribution in [0.25, 0.3) is 0 Å². The maximum atomic E-state index is 12.4. The highest BCUT2D eigenvalue weighted by Gasteiger charge is 2.45. The van der Waals surface area contributed by atoms with Crippen LogP contribution in [0.2, 0.25) is 0 Å². The standard InChI is InChI=1S/C23H41F2NO2/c1-4-23(11-7-20(8-12-23)28-16-21(24)25)14-17-13-18(17)15-27-19-5-9-22(2,26-3)10-6-19/h17-21,26H,4-16H2,1-3H3. The number of ether oxygens (including phenoxy) is 2. The van der Waals surface area contributed by atoms with Gasteiger partial charge in [-0.15, -0.1) is 0 Å². The molecule has 3 nitrogen and oxygen atoms in total. The number of nitrogens with one attached hydrogen (secondary N) is 1. The second-order valence-corrected chi connectivity index (χ2v) is 10.1. The van der Waals surface area contributed by atoms with Crippen molar-refractivity contribution in [3.05, 3.63) is 0 Å². The maximum absolute atomic E-state index is 12.4. The molecule has 0 aliphatic heterocycles. The van der Waals surface area contributed by atoms with Crippen LogP contribution in [-0.4, -0.2) is 44.4 Å². The zero-order chi connectivity index (χ0) is 20.2. The zero-order valence-corrected chi connectivity index (χ0v) is 18.2. The van der Waals surface area contributed by atoms with Crippen molar-refractivity contribution in [1.29, 1.82) is 0 Å². The van der Waals surface area contributed by atoms with Gasteiger partial charge >= 0.3 is 0 Å². The molecule has 28 heavy (non-hydrogen) atoms. The molecule has 0 saturated heterocycles. The number of hydrogen-bond acceptors (Lipinski definition) is 3. The Balaban J connectivity index is 1.34. The summed E-state index contributed by atoms with van der Waals surface area (Å²) >= 11 is 0. The van der Waals surface area contributed by atoms with Gasteiger partial charge in [0.2, 0.25) is 0 Å². The molecule has 2 atom stereocenters. The van der Waals surface area contributed by atoms with Crippen molar-refractivity contribution in [2.45, 2.75) is 109 Å². The average Bonchev–Trinajstić information content (AvgIpc) is 3.44. The highest BCUT2D eigenvalue weighted by Crippen LogP contribution is 2.53. The molecule has 3 fully saturated rings. The van der Waals surface area contributed by atoms with Crippen molar-refractivity contribution in [3.8, 4) is 0 Å². The highest BCUT2D eigenvalue weighted by molar-refractivity contribution is 4.95. The fraction of sp³-hybridized carbons (Fsp3) is 1.00. The third kappa shape index (κ3) is 6.12. The van der Waals surface area contributed by atoms with Crippen LogP contribution in [0, 0.1) is 17.3 Å². The normalized spacial score (nSPS) is 41.4. The van der Waals surface area contributed by atoms with Crippen LogP contribution in [0.5, 0.6) is 0 Å². The van der Waals surface area contributed by atoms with Gasteiger partial charge in [0, 0.05) is 5.54 Å². The molecule has 3 aliphatic rings. The molecule has 2 unspecified atom stereocenters. The minimum Gasteiger partial charge on any atom is -0.378 e. The van der Waals surface area contributed by atoms with E-state index in [4.69, 9.17) is 9.47 Å². The number of rotatable bonds is 10. The Morgan fingerprint density at radius 3 is 2.14 bits per heavy atom. The molecule has 0 aromatic heterocycles. The highest BCUT2D eigenvalue weighted by atomic mass is 19.3. The molecular formula is C23H41F2NO2. The molecule has 0 bridgehead atoms. The van der Waals surface area contributed by atoms with Gasteiger partial charge in [0.15, 0.2) is 0 Å². The van der Waals surface area contributed by atoms with E-state index in [9.17, 15) is 8.78 Å². The summed E-state index contributed by atoms with van der Waals surface area (Å²) in [6.07, 6.45) is 10.9. The Kier molecular flexibility index (Phi) is 7.77. The first-order valence-electron chi connectivity index (χ1n) is 11.6. The van der Waals surface area contributed by atoms with E-state index in [2.05, 4.69) is 26.2 Å². The van der Waals surface area contributed by atoms with Gasteiger partial charge in [0.25, 0.3) is 6.43 Å². The molecule has 3 saturated carbocycles. The van der Waals surface area contributed by atoms with Crippen LogP contribution in [0.3, 0.4) is 0 Å². The van der Waals surface area contributed by atoms with Crippen LogP contribution >= 0.6 is 0 Å². The van der Waals surface area contributed by atoms with E-state index in [1.54, 1.807) is 0 Å². The third-order valence-electron chi connectivity index (χ3n) is 8.15. The smallest absolute Gasteiger partial charge is 0.261 e. The summed E-state index contributed by atoms with van der Waals surface area (Å²) in [4.78, 5) is 0.